The molecule has 0 amide bonds. The quantitative estimate of drug-likeness (QED) is 0.267. The molecule has 24 heavy (non-hydrogen) atoms. The molecule has 0 spiro atoms. The third kappa shape index (κ3) is 8.67. The van der Waals surface area contributed by atoms with Crippen molar-refractivity contribution in [2.24, 2.45) is 10.9 Å². The van der Waals surface area contributed by atoms with Crippen LogP contribution in [0.5, 0.6) is 0 Å². The molecule has 1 aromatic rings. The summed E-state index contributed by atoms with van der Waals surface area (Å²) in [5.74, 6) is 1.87. The van der Waals surface area contributed by atoms with Gasteiger partial charge in [0.15, 0.2) is 5.96 Å². The smallest absolute Gasteiger partial charge is 0.191 e. The van der Waals surface area contributed by atoms with Gasteiger partial charge >= 0.3 is 0 Å². The van der Waals surface area contributed by atoms with Gasteiger partial charge in [-0.05, 0) is 69.6 Å². The number of rotatable bonds is 8. The molecule has 0 radical (unpaired) electrons. The lowest BCUT2D eigenvalue weighted by Crippen LogP contribution is -2.38. The third-order valence-corrected chi connectivity index (χ3v) is 5.30. The van der Waals surface area contributed by atoms with Gasteiger partial charge in [0.05, 0.1) is 0 Å². The monoisotopic (exact) mass is 464 g/mol. The van der Waals surface area contributed by atoms with E-state index in [-0.39, 0.29) is 24.0 Å². The Hall–Kier alpha value is -0.340. The van der Waals surface area contributed by atoms with Crippen LogP contribution in [0, 0.1) is 5.92 Å². The van der Waals surface area contributed by atoms with Gasteiger partial charge in [-0.25, -0.2) is 0 Å². The van der Waals surface area contributed by atoms with Gasteiger partial charge in [-0.3, -0.25) is 4.99 Å². The molecule has 0 bridgehead atoms. The van der Waals surface area contributed by atoms with Crippen LogP contribution in [0.4, 0.5) is 0 Å². The van der Waals surface area contributed by atoms with Crippen molar-refractivity contribution in [3.8, 4) is 0 Å². The first-order valence-corrected chi connectivity index (χ1v) is 9.92. The summed E-state index contributed by atoms with van der Waals surface area (Å²) in [5.41, 5.74) is 0. The Morgan fingerprint density at radius 3 is 2.79 bits per heavy atom. The molecule has 1 aliphatic rings. The number of nitrogens with one attached hydrogen (secondary N) is 2. The van der Waals surface area contributed by atoms with Crippen LogP contribution in [0.2, 0.25) is 0 Å². The lowest BCUT2D eigenvalue weighted by Gasteiger charge is -2.29. The molecule has 138 valence electrons. The number of hydrogen-bond donors (Lipinski definition) is 2. The second-order valence-electron chi connectivity index (χ2n) is 6.39. The van der Waals surface area contributed by atoms with Crippen molar-refractivity contribution in [1.29, 1.82) is 0 Å². The Morgan fingerprint density at radius 1 is 1.33 bits per heavy atom. The Balaban J connectivity index is 0.00000288. The highest BCUT2D eigenvalue weighted by molar-refractivity contribution is 14.0. The highest BCUT2D eigenvalue weighted by atomic mass is 127. The first-order valence-electron chi connectivity index (χ1n) is 9.05. The molecular weight excluding hydrogens is 431 g/mol. The molecule has 0 saturated carbocycles. The van der Waals surface area contributed by atoms with Gasteiger partial charge in [0, 0.05) is 24.5 Å². The topological polar surface area (TPSA) is 39.7 Å². The van der Waals surface area contributed by atoms with Crippen molar-refractivity contribution in [2.45, 2.75) is 39.5 Å². The lowest BCUT2D eigenvalue weighted by molar-refractivity contribution is 0.192. The van der Waals surface area contributed by atoms with Crippen LogP contribution in [-0.4, -0.2) is 50.1 Å². The van der Waals surface area contributed by atoms with Crippen LogP contribution in [-0.2, 0) is 6.42 Å². The van der Waals surface area contributed by atoms with E-state index in [1.54, 1.807) is 0 Å². The number of guanidine groups is 1. The standard InChI is InChI=1S/C18H32N4S.HI/c1-3-19-18(21-11-7-17-6-4-15-23-17)20-10-5-12-22-13-8-16(2)9-14-22;/h4,6,15-16H,3,5,7-14H2,1-2H3,(H2,19,20,21);1H. The Morgan fingerprint density at radius 2 is 2.12 bits per heavy atom. The maximum Gasteiger partial charge on any atom is 0.191 e. The summed E-state index contributed by atoms with van der Waals surface area (Å²) >= 11 is 1.82. The van der Waals surface area contributed by atoms with Crippen LogP contribution in [0.15, 0.2) is 22.5 Å². The van der Waals surface area contributed by atoms with E-state index in [2.05, 4.69) is 46.9 Å². The van der Waals surface area contributed by atoms with E-state index in [1.165, 1.54) is 37.4 Å². The average Bonchev–Trinajstić information content (AvgIpc) is 3.06. The highest BCUT2D eigenvalue weighted by Crippen LogP contribution is 2.15. The molecule has 1 aliphatic heterocycles. The van der Waals surface area contributed by atoms with Crippen molar-refractivity contribution >= 4 is 41.3 Å². The van der Waals surface area contributed by atoms with E-state index >= 15 is 0 Å². The molecular formula is C18H33IN4S. The fraction of sp³-hybridized carbons (Fsp3) is 0.722. The van der Waals surface area contributed by atoms with Crippen LogP contribution >= 0.6 is 35.3 Å². The minimum Gasteiger partial charge on any atom is -0.357 e. The summed E-state index contributed by atoms with van der Waals surface area (Å²) < 4.78 is 0. The molecule has 2 rings (SSSR count). The first kappa shape index (κ1) is 21.7. The second kappa shape index (κ2) is 12.9. The zero-order valence-electron chi connectivity index (χ0n) is 15.1. The van der Waals surface area contributed by atoms with Crippen LogP contribution < -0.4 is 10.6 Å². The molecule has 1 fully saturated rings. The maximum atomic E-state index is 4.70. The number of hydrogen-bond acceptors (Lipinski definition) is 3. The SMILES string of the molecule is CCNC(=NCCCN1CCC(C)CC1)NCCc1cccs1.I. The van der Waals surface area contributed by atoms with Gasteiger partial charge in [-0.15, -0.1) is 35.3 Å². The summed E-state index contributed by atoms with van der Waals surface area (Å²) in [5, 5.41) is 8.91. The van der Waals surface area contributed by atoms with E-state index in [1.807, 2.05) is 11.3 Å². The summed E-state index contributed by atoms with van der Waals surface area (Å²) in [6, 6.07) is 4.30. The predicted octanol–water partition coefficient (Wildman–Crippen LogP) is 3.59. The zero-order chi connectivity index (χ0) is 16.3. The molecule has 1 saturated heterocycles. The highest BCUT2D eigenvalue weighted by Gasteiger charge is 2.14. The molecule has 4 nitrogen and oxygen atoms in total. The molecule has 1 aromatic heterocycles. The number of nitrogens with zero attached hydrogens (tertiary/aromatic N) is 2. The van der Waals surface area contributed by atoms with Gasteiger partial charge in [-0.1, -0.05) is 13.0 Å². The molecule has 0 aromatic carbocycles. The maximum absolute atomic E-state index is 4.70. The molecule has 2 N–H and O–H groups in total. The average molecular weight is 464 g/mol. The predicted molar refractivity (Wildman–Crippen MR) is 117 cm³/mol. The van der Waals surface area contributed by atoms with E-state index < -0.39 is 0 Å². The summed E-state index contributed by atoms with van der Waals surface area (Å²) in [7, 11) is 0. The number of aliphatic imine (C=N–C) groups is 1. The lowest BCUT2D eigenvalue weighted by atomic mass is 9.99. The summed E-state index contributed by atoms with van der Waals surface area (Å²) in [6.45, 7) is 11.0. The van der Waals surface area contributed by atoms with Crippen molar-refractivity contribution < 1.29 is 0 Å². The van der Waals surface area contributed by atoms with Gasteiger partial charge in [-0.2, -0.15) is 0 Å². The number of thiophene rings is 1. The van der Waals surface area contributed by atoms with Gasteiger partial charge in [0.2, 0.25) is 0 Å². The number of likely N-dealkylation sites (tertiary alicyclic amines) is 1. The molecule has 0 aliphatic carbocycles. The largest absolute Gasteiger partial charge is 0.357 e. The minimum atomic E-state index is 0. The minimum absolute atomic E-state index is 0. The number of piperidine rings is 1. The Labute approximate surface area is 168 Å². The van der Waals surface area contributed by atoms with Gasteiger partial charge < -0.3 is 15.5 Å². The molecule has 6 heteroatoms. The van der Waals surface area contributed by atoms with E-state index in [4.69, 9.17) is 4.99 Å². The van der Waals surface area contributed by atoms with Gasteiger partial charge in [0.25, 0.3) is 0 Å². The van der Waals surface area contributed by atoms with Gasteiger partial charge in [0.1, 0.15) is 0 Å². The Bertz CT molecular complexity index is 442. The van der Waals surface area contributed by atoms with Crippen molar-refractivity contribution in [3.05, 3.63) is 22.4 Å². The van der Waals surface area contributed by atoms with E-state index in [9.17, 15) is 0 Å². The second-order valence-corrected chi connectivity index (χ2v) is 7.43. The fourth-order valence-corrected chi connectivity index (χ4v) is 3.58. The number of halogens is 1. The van der Waals surface area contributed by atoms with Crippen molar-refractivity contribution in [3.63, 3.8) is 0 Å². The zero-order valence-corrected chi connectivity index (χ0v) is 18.2. The van der Waals surface area contributed by atoms with Crippen LogP contribution in [0.25, 0.3) is 0 Å². The van der Waals surface area contributed by atoms with E-state index in [0.717, 1.165) is 44.4 Å². The Kier molecular flexibility index (Phi) is 11.7. The normalized spacial score (nSPS) is 16.7. The van der Waals surface area contributed by atoms with E-state index in [0.29, 0.717) is 0 Å². The molecule has 2 heterocycles. The third-order valence-electron chi connectivity index (χ3n) is 4.37. The van der Waals surface area contributed by atoms with Crippen LogP contribution in [0.1, 0.15) is 38.0 Å². The van der Waals surface area contributed by atoms with Crippen LogP contribution in [0.3, 0.4) is 0 Å². The fourth-order valence-electron chi connectivity index (χ4n) is 2.87. The molecule has 0 unspecified atom stereocenters. The molecule has 0 atom stereocenters. The van der Waals surface area contributed by atoms with Crippen molar-refractivity contribution in [2.75, 3.05) is 39.3 Å². The summed E-state index contributed by atoms with van der Waals surface area (Å²) in [6.07, 6.45) is 4.93. The summed E-state index contributed by atoms with van der Waals surface area (Å²) in [4.78, 5) is 8.72. The first-order chi connectivity index (χ1) is 11.3. The van der Waals surface area contributed by atoms with Crippen molar-refractivity contribution in [1.82, 2.24) is 15.5 Å².